The summed E-state index contributed by atoms with van der Waals surface area (Å²) >= 11 is 1.45. The molecule has 0 fully saturated rings. The van der Waals surface area contributed by atoms with Crippen molar-refractivity contribution in [3.8, 4) is 5.75 Å². The summed E-state index contributed by atoms with van der Waals surface area (Å²) in [5, 5.41) is 8.54. The van der Waals surface area contributed by atoms with Crippen LogP contribution in [0.4, 0.5) is 0 Å². The zero-order chi connectivity index (χ0) is 15.0. The molecule has 1 rings (SSSR count). The Hall–Kier alpha value is -1.69. The van der Waals surface area contributed by atoms with Gasteiger partial charge in [-0.05, 0) is 30.7 Å². The van der Waals surface area contributed by atoms with Gasteiger partial charge in [0.15, 0.2) is 0 Å². The number of methoxy groups -OCH3 is 1. The first kappa shape index (κ1) is 16.4. The number of amides is 1. The molecular weight excluding hydrogens is 278 g/mol. The molecule has 0 aliphatic heterocycles. The largest absolute Gasteiger partial charge is 0.497 e. The van der Waals surface area contributed by atoms with Gasteiger partial charge < -0.3 is 14.7 Å². The van der Waals surface area contributed by atoms with Gasteiger partial charge in [0.2, 0.25) is 5.91 Å². The van der Waals surface area contributed by atoms with Crippen LogP contribution >= 0.6 is 11.8 Å². The Balaban J connectivity index is 2.32. The molecule has 0 aliphatic carbocycles. The lowest BCUT2D eigenvalue weighted by Gasteiger charge is -2.16. The first-order chi connectivity index (χ1) is 9.52. The van der Waals surface area contributed by atoms with E-state index >= 15 is 0 Å². The van der Waals surface area contributed by atoms with Gasteiger partial charge in [-0.1, -0.05) is 0 Å². The Bertz CT molecular complexity index is 447. The van der Waals surface area contributed by atoms with Crippen LogP contribution in [-0.2, 0) is 9.59 Å². The Morgan fingerprint density at radius 2 is 1.95 bits per heavy atom. The third-order valence-electron chi connectivity index (χ3n) is 2.73. The van der Waals surface area contributed by atoms with Gasteiger partial charge in [0, 0.05) is 24.9 Å². The van der Waals surface area contributed by atoms with Gasteiger partial charge in [0.25, 0.3) is 0 Å². The molecule has 0 aliphatic rings. The highest BCUT2D eigenvalue weighted by Gasteiger charge is 2.09. The summed E-state index contributed by atoms with van der Waals surface area (Å²) in [6.45, 7) is 0.467. The molecule has 1 N–H and O–H groups in total. The van der Waals surface area contributed by atoms with Crippen LogP contribution in [0.2, 0.25) is 0 Å². The first-order valence-electron chi connectivity index (χ1n) is 6.25. The highest BCUT2D eigenvalue weighted by molar-refractivity contribution is 8.00. The quantitative estimate of drug-likeness (QED) is 0.744. The lowest BCUT2D eigenvalue weighted by Crippen LogP contribution is -2.29. The molecule has 0 saturated carbocycles. The summed E-state index contributed by atoms with van der Waals surface area (Å²) in [5.74, 6) is 0.289. The molecule has 5 nitrogen and oxygen atoms in total. The minimum absolute atomic E-state index is 0.00351. The van der Waals surface area contributed by atoms with Crippen LogP contribution in [0.15, 0.2) is 29.2 Å². The van der Waals surface area contributed by atoms with Crippen molar-refractivity contribution in [3.63, 3.8) is 0 Å². The molecule has 0 atom stereocenters. The average Bonchev–Trinajstić information content (AvgIpc) is 2.44. The van der Waals surface area contributed by atoms with E-state index in [-0.39, 0.29) is 12.3 Å². The number of carbonyl (C=O) groups excluding carboxylic acids is 1. The Morgan fingerprint density at radius 1 is 1.30 bits per heavy atom. The molecule has 1 aromatic rings. The van der Waals surface area contributed by atoms with Crippen LogP contribution < -0.4 is 4.74 Å². The minimum atomic E-state index is -0.835. The number of aliphatic carboxylic acids is 1. The molecular formula is C14H19NO4S. The van der Waals surface area contributed by atoms with Gasteiger partial charge in [0.05, 0.1) is 12.9 Å². The van der Waals surface area contributed by atoms with E-state index in [1.54, 1.807) is 19.1 Å². The second kappa shape index (κ2) is 8.47. The summed E-state index contributed by atoms with van der Waals surface area (Å²) in [6, 6.07) is 7.51. The van der Waals surface area contributed by atoms with E-state index < -0.39 is 5.97 Å². The first-order valence-corrected chi connectivity index (χ1v) is 7.24. The molecule has 0 unspecified atom stereocenters. The number of ether oxygens (including phenoxy) is 1. The SMILES string of the molecule is COc1ccc(SCC(=O)N(C)CCCC(=O)O)cc1. The summed E-state index contributed by atoms with van der Waals surface area (Å²) in [6.07, 6.45) is 0.564. The predicted molar refractivity (Wildman–Crippen MR) is 78.2 cm³/mol. The van der Waals surface area contributed by atoms with Gasteiger partial charge >= 0.3 is 5.97 Å². The van der Waals surface area contributed by atoms with Crippen molar-refractivity contribution in [1.82, 2.24) is 4.90 Å². The number of thioether (sulfide) groups is 1. The maximum atomic E-state index is 11.8. The van der Waals surface area contributed by atoms with Crippen LogP contribution in [0, 0.1) is 0 Å². The molecule has 0 radical (unpaired) electrons. The van der Waals surface area contributed by atoms with E-state index in [2.05, 4.69) is 0 Å². The van der Waals surface area contributed by atoms with Crippen molar-refractivity contribution in [1.29, 1.82) is 0 Å². The third kappa shape index (κ3) is 5.97. The number of carboxylic acid groups (broad SMARTS) is 1. The molecule has 1 aromatic carbocycles. The van der Waals surface area contributed by atoms with Crippen molar-refractivity contribution in [2.24, 2.45) is 0 Å². The number of benzene rings is 1. The molecule has 0 bridgehead atoms. The van der Waals surface area contributed by atoms with Crippen LogP contribution in [0.3, 0.4) is 0 Å². The van der Waals surface area contributed by atoms with E-state index in [4.69, 9.17) is 9.84 Å². The van der Waals surface area contributed by atoms with Crippen LogP contribution in [-0.4, -0.2) is 48.3 Å². The summed E-state index contributed by atoms with van der Waals surface area (Å²) in [4.78, 5) is 24.8. The number of carbonyl (C=O) groups is 2. The number of hydrogen-bond acceptors (Lipinski definition) is 4. The molecule has 0 heterocycles. The normalized spacial score (nSPS) is 10.1. The number of nitrogens with zero attached hydrogens (tertiary/aromatic N) is 1. The number of rotatable bonds is 8. The number of carboxylic acids is 1. The summed E-state index contributed by atoms with van der Waals surface area (Å²) in [5.41, 5.74) is 0. The zero-order valence-electron chi connectivity index (χ0n) is 11.7. The van der Waals surface area contributed by atoms with E-state index in [9.17, 15) is 9.59 Å². The van der Waals surface area contributed by atoms with Crippen LogP contribution in [0.25, 0.3) is 0 Å². The monoisotopic (exact) mass is 297 g/mol. The summed E-state index contributed by atoms with van der Waals surface area (Å²) < 4.78 is 5.06. The van der Waals surface area contributed by atoms with E-state index in [0.29, 0.717) is 18.7 Å². The molecule has 110 valence electrons. The lowest BCUT2D eigenvalue weighted by atomic mass is 10.3. The maximum Gasteiger partial charge on any atom is 0.303 e. The van der Waals surface area contributed by atoms with Crippen molar-refractivity contribution >= 4 is 23.6 Å². The minimum Gasteiger partial charge on any atom is -0.497 e. The lowest BCUT2D eigenvalue weighted by molar-refractivity contribution is -0.137. The summed E-state index contributed by atoms with van der Waals surface area (Å²) in [7, 11) is 3.30. The molecule has 0 spiro atoms. The average molecular weight is 297 g/mol. The Labute approximate surface area is 122 Å². The van der Waals surface area contributed by atoms with Crippen LogP contribution in [0.1, 0.15) is 12.8 Å². The molecule has 1 amide bonds. The smallest absolute Gasteiger partial charge is 0.303 e. The standard InChI is InChI=1S/C14H19NO4S/c1-15(9-3-4-14(17)18)13(16)10-20-12-7-5-11(19-2)6-8-12/h5-8H,3-4,9-10H2,1-2H3,(H,17,18). The fourth-order valence-corrected chi connectivity index (χ4v) is 2.36. The van der Waals surface area contributed by atoms with Gasteiger partial charge in [0.1, 0.15) is 5.75 Å². The van der Waals surface area contributed by atoms with Gasteiger partial charge in [-0.2, -0.15) is 0 Å². The molecule has 20 heavy (non-hydrogen) atoms. The maximum absolute atomic E-state index is 11.8. The highest BCUT2D eigenvalue weighted by atomic mass is 32.2. The second-order valence-electron chi connectivity index (χ2n) is 4.28. The third-order valence-corrected chi connectivity index (χ3v) is 3.73. The van der Waals surface area contributed by atoms with Crippen LogP contribution in [0.5, 0.6) is 5.75 Å². The Kier molecular flexibility index (Phi) is 6.93. The van der Waals surface area contributed by atoms with Crippen molar-refractivity contribution in [2.75, 3.05) is 26.5 Å². The fraction of sp³-hybridized carbons (Fsp3) is 0.429. The molecule has 6 heteroatoms. The zero-order valence-corrected chi connectivity index (χ0v) is 12.5. The van der Waals surface area contributed by atoms with E-state index in [1.165, 1.54) is 11.8 Å². The Morgan fingerprint density at radius 3 is 2.50 bits per heavy atom. The van der Waals surface area contributed by atoms with E-state index in [1.807, 2.05) is 24.3 Å². The molecule has 0 saturated heterocycles. The highest BCUT2D eigenvalue weighted by Crippen LogP contribution is 2.21. The van der Waals surface area contributed by atoms with E-state index in [0.717, 1.165) is 10.6 Å². The topological polar surface area (TPSA) is 66.8 Å². The van der Waals surface area contributed by atoms with Crippen molar-refractivity contribution in [2.45, 2.75) is 17.7 Å². The predicted octanol–water partition coefficient (Wildman–Crippen LogP) is 2.11. The molecule has 0 aromatic heterocycles. The van der Waals surface area contributed by atoms with Gasteiger partial charge in [-0.15, -0.1) is 11.8 Å². The fourth-order valence-electron chi connectivity index (χ4n) is 1.52. The van der Waals surface area contributed by atoms with Gasteiger partial charge in [-0.3, -0.25) is 9.59 Å². The number of hydrogen-bond donors (Lipinski definition) is 1. The van der Waals surface area contributed by atoms with Gasteiger partial charge in [-0.25, -0.2) is 0 Å². The van der Waals surface area contributed by atoms with Crippen molar-refractivity contribution < 1.29 is 19.4 Å². The second-order valence-corrected chi connectivity index (χ2v) is 5.33. The van der Waals surface area contributed by atoms with Crippen molar-refractivity contribution in [3.05, 3.63) is 24.3 Å².